The second-order valence-corrected chi connectivity index (χ2v) is 10.3. The molecule has 0 bridgehead atoms. The number of nitrogens with zero attached hydrogens (tertiary/aromatic N) is 2. The Kier molecular flexibility index (Phi) is 9.72. The van der Waals surface area contributed by atoms with Crippen LogP contribution in [0.4, 0.5) is 0 Å². The second kappa shape index (κ2) is 12.7. The van der Waals surface area contributed by atoms with Crippen molar-refractivity contribution < 1.29 is 22.7 Å². The summed E-state index contributed by atoms with van der Waals surface area (Å²) in [6.07, 6.45) is 1.42. The number of carbonyl (C=O) groups excluding carboxylic acids is 1. The summed E-state index contributed by atoms with van der Waals surface area (Å²) < 4.78 is 38.5. The van der Waals surface area contributed by atoms with Crippen LogP contribution in [0.3, 0.4) is 0 Å². The predicted molar refractivity (Wildman–Crippen MR) is 140 cm³/mol. The molecule has 0 aliphatic heterocycles. The molecule has 0 aromatic heterocycles. The highest BCUT2D eigenvalue weighted by atomic mass is 35.5. The van der Waals surface area contributed by atoms with Crippen LogP contribution in [0.2, 0.25) is 10.0 Å². The molecule has 0 saturated heterocycles. The van der Waals surface area contributed by atoms with Crippen LogP contribution in [-0.4, -0.2) is 45.1 Å². The number of methoxy groups -OCH3 is 1. The number of hydrogen-bond donors (Lipinski definition) is 1. The minimum absolute atomic E-state index is 0.0126. The number of halogens is 2. The van der Waals surface area contributed by atoms with Gasteiger partial charge in [-0.3, -0.25) is 4.79 Å². The minimum Gasteiger partial charge on any atom is -0.493 e. The Morgan fingerprint density at radius 2 is 1.64 bits per heavy atom. The van der Waals surface area contributed by atoms with Crippen molar-refractivity contribution in [3.8, 4) is 11.5 Å². The molecule has 0 saturated carbocycles. The highest BCUT2D eigenvalue weighted by Gasteiger charge is 2.27. The van der Waals surface area contributed by atoms with Gasteiger partial charge in [0.05, 0.1) is 31.4 Å². The summed E-state index contributed by atoms with van der Waals surface area (Å²) in [5, 5.41) is 4.87. The molecule has 0 heterocycles. The molecule has 3 aromatic rings. The van der Waals surface area contributed by atoms with Gasteiger partial charge in [0.15, 0.2) is 11.5 Å². The fraction of sp³-hybridized carbons (Fsp3) is 0.200. The lowest BCUT2D eigenvalue weighted by molar-refractivity contribution is -0.121. The monoisotopic (exact) mass is 549 g/mol. The van der Waals surface area contributed by atoms with Gasteiger partial charge in [0.1, 0.15) is 0 Å². The zero-order chi connectivity index (χ0) is 26.1. The lowest BCUT2D eigenvalue weighted by atomic mass is 10.2. The number of hydrogen-bond acceptors (Lipinski definition) is 6. The smallest absolute Gasteiger partial charge is 0.255 e. The van der Waals surface area contributed by atoms with E-state index < -0.39 is 22.5 Å². The van der Waals surface area contributed by atoms with Crippen molar-refractivity contribution in [1.29, 1.82) is 0 Å². The summed E-state index contributed by atoms with van der Waals surface area (Å²) >= 11 is 11.9. The standard InChI is InChI=1S/C25H25Cl2N3O5S/c1-3-35-23-13-6-19(14-24(23)34-2)15-28-29-25(31)17-30(16-18-4-7-20(26)8-5-18)36(32,33)22-11-9-21(27)10-12-22/h4-15H,3,16-17H2,1-2H3,(H,29,31)/b28-15-. The molecule has 1 amide bonds. The summed E-state index contributed by atoms with van der Waals surface area (Å²) in [5.41, 5.74) is 3.69. The van der Waals surface area contributed by atoms with E-state index in [1.165, 1.54) is 37.6 Å². The van der Waals surface area contributed by atoms with Gasteiger partial charge in [0, 0.05) is 16.6 Å². The van der Waals surface area contributed by atoms with Crippen LogP contribution in [0, 0.1) is 0 Å². The molecular weight excluding hydrogens is 525 g/mol. The molecule has 1 N–H and O–H groups in total. The lowest BCUT2D eigenvalue weighted by Crippen LogP contribution is -2.39. The third-order valence-electron chi connectivity index (χ3n) is 4.93. The summed E-state index contributed by atoms with van der Waals surface area (Å²) in [6.45, 7) is 1.85. The van der Waals surface area contributed by atoms with Crippen LogP contribution in [0.5, 0.6) is 11.5 Å². The first-order chi connectivity index (χ1) is 17.2. The maximum Gasteiger partial charge on any atom is 0.255 e. The van der Waals surface area contributed by atoms with E-state index >= 15 is 0 Å². The van der Waals surface area contributed by atoms with Crippen molar-refractivity contribution in [2.24, 2.45) is 5.10 Å². The number of benzene rings is 3. The quantitative estimate of drug-likeness (QED) is 0.275. The Labute approximate surface area is 220 Å². The molecule has 0 spiro atoms. The molecule has 190 valence electrons. The van der Waals surface area contributed by atoms with Crippen molar-refractivity contribution in [3.63, 3.8) is 0 Å². The summed E-state index contributed by atoms with van der Waals surface area (Å²) in [7, 11) is -2.49. The number of nitrogens with one attached hydrogen (secondary N) is 1. The Morgan fingerprint density at radius 1 is 1.00 bits per heavy atom. The summed E-state index contributed by atoms with van der Waals surface area (Å²) in [5.74, 6) is 0.498. The third-order valence-corrected chi connectivity index (χ3v) is 7.24. The predicted octanol–water partition coefficient (Wildman–Crippen LogP) is 4.74. The molecule has 3 aromatic carbocycles. The highest BCUT2D eigenvalue weighted by Crippen LogP contribution is 2.27. The fourth-order valence-corrected chi connectivity index (χ4v) is 4.82. The number of hydrazone groups is 1. The highest BCUT2D eigenvalue weighted by molar-refractivity contribution is 7.89. The van der Waals surface area contributed by atoms with Crippen molar-refractivity contribution >= 4 is 45.3 Å². The normalized spacial score (nSPS) is 11.6. The average molecular weight is 550 g/mol. The van der Waals surface area contributed by atoms with Gasteiger partial charge in [-0.05, 0) is 72.6 Å². The lowest BCUT2D eigenvalue weighted by Gasteiger charge is -2.21. The van der Waals surface area contributed by atoms with Crippen molar-refractivity contribution in [2.45, 2.75) is 18.4 Å². The fourth-order valence-electron chi connectivity index (χ4n) is 3.19. The number of sulfonamides is 1. The van der Waals surface area contributed by atoms with E-state index in [1.807, 2.05) is 6.92 Å². The first-order valence-corrected chi connectivity index (χ1v) is 13.1. The Balaban J connectivity index is 1.76. The summed E-state index contributed by atoms with van der Waals surface area (Å²) in [4.78, 5) is 12.7. The van der Waals surface area contributed by atoms with E-state index in [1.54, 1.807) is 42.5 Å². The van der Waals surface area contributed by atoms with Gasteiger partial charge in [-0.2, -0.15) is 9.41 Å². The van der Waals surface area contributed by atoms with E-state index in [4.69, 9.17) is 32.7 Å². The SMILES string of the molecule is CCOc1ccc(/C=N\NC(=O)CN(Cc2ccc(Cl)cc2)S(=O)(=O)c2ccc(Cl)cc2)cc1OC. The van der Waals surface area contributed by atoms with E-state index in [2.05, 4.69) is 10.5 Å². The molecule has 36 heavy (non-hydrogen) atoms. The topological polar surface area (TPSA) is 97.3 Å². The van der Waals surface area contributed by atoms with Crippen LogP contribution < -0.4 is 14.9 Å². The maximum absolute atomic E-state index is 13.3. The molecule has 0 fully saturated rings. The molecular formula is C25H25Cl2N3O5S. The van der Waals surface area contributed by atoms with Gasteiger partial charge in [0.25, 0.3) is 5.91 Å². The Bertz CT molecular complexity index is 1310. The number of rotatable bonds is 11. The van der Waals surface area contributed by atoms with Gasteiger partial charge >= 0.3 is 0 Å². The van der Waals surface area contributed by atoms with E-state index in [0.717, 1.165) is 4.31 Å². The molecule has 0 atom stereocenters. The Hall–Kier alpha value is -3.11. The van der Waals surface area contributed by atoms with Crippen LogP contribution >= 0.6 is 23.2 Å². The van der Waals surface area contributed by atoms with Crippen molar-refractivity contribution in [2.75, 3.05) is 20.3 Å². The van der Waals surface area contributed by atoms with Crippen LogP contribution in [-0.2, 0) is 21.4 Å². The average Bonchev–Trinajstić information content (AvgIpc) is 2.86. The molecule has 0 radical (unpaired) electrons. The molecule has 0 unspecified atom stereocenters. The third kappa shape index (κ3) is 7.44. The molecule has 0 aliphatic rings. The van der Waals surface area contributed by atoms with Gasteiger partial charge in [-0.1, -0.05) is 35.3 Å². The van der Waals surface area contributed by atoms with E-state index in [0.29, 0.717) is 39.3 Å². The van der Waals surface area contributed by atoms with Crippen LogP contribution in [0.1, 0.15) is 18.1 Å². The van der Waals surface area contributed by atoms with Gasteiger partial charge in [-0.25, -0.2) is 13.8 Å². The number of ether oxygens (including phenoxy) is 2. The zero-order valence-electron chi connectivity index (χ0n) is 19.6. The van der Waals surface area contributed by atoms with E-state index in [9.17, 15) is 13.2 Å². The zero-order valence-corrected chi connectivity index (χ0v) is 22.0. The molecule has 3 rings (SSSR count). The number of amides is 1. The van der Waals surface area contributed by atoms with Gasteiger partial charge in [0.2, 0.25) is 10.0 Å². The van der Waals surface area contributed by atoms with Crippen molar-refractivity contribution in [3.05, 3.63) is 87.9 Å². The molecule has 0 aliphatic carbocycles. The molecule has 11 heteroatoms. The number of carbonyl (C=O) groups is 1. The van der Waals surface area contributed by atoms with Gasteiger partial charge < -0.3 is 9.47 Å². The first kappa shape index (κ1) is 27.5. The summed E-state index contributed by atoms with van der Waals surface area (Å²) in [6, 6.07) is 17.6. The second-order valence-electron chi connectivity index (χ2n) is 7.49. The van der Waals surface area contributed by atoms with Crippen LogP contribution in [0.15, 0.2) is 76.7 Å². The molecule has 8 nitrogen and oxygen atoms in total. The maximum atomic E-state index is 13.3. The first-order valence-electron chi connectivity index (χ1n) is 10.9. The van der Waals surface area contributed by atoms with E-state index in [-0.39, 0.29) is 11.4 Å². The largest absolute Gasteiger partial charge is 0.493 e. The van der Waals surface area contributed by atoms with Gasteiger partial charge in [-0.15, -0.1) is 0 Å². The van der Waals surface area contributed by atoms with Crippen LogP contribution in [0.25, 0.3) is 0 Å². The Morgan fingerprint density at radius 3 is 2.25 bits per heavy atom. The van der Waals surface area contributed by atoms with Crippen molar-refractivity contribution in [1.82, 2.24) is 9.73 Å². The minimum atomic E-state index is -4.02.